The van der Waals surface area contributed by atoms with E-state index in [4.69, 9.17) is 23.7 Å². The van der Waals surface area contributed by atoms with Crippen LogP contribution in [-0.2, 0) is 19.6 Å². The maximum Gasteiger partial charge on any atom is 0.354 e. The molecule has 0 amide bonds. The number of aliphatic hydroxyl groups excluding tert-OH is 1. The highest BCUT2D eigenvalue weighted by atomic mass is 32.2. The summed E-state index contributed by atoms with van der Waals surface area (Å²) in [6.45, 7) is 3.68. The predicted octanol–water partition coefficient (Wildman–Crippen LogP) is 1.65. The van der Waals surface area contributed by atoms with E-state index in [9.17, 15) is 23.4 Å². The number of ether oxygens (including phenoxy) is 5. The van der Waals surface area contributed by atoms with Crippen molar-refractivity contribution in [3.63, 3.8) is 0 Å². The first-order valence-corrected chi connectivity index (χ1v) is 13.9. The van der Waals surface area contributed by atoms with Crippen molar-refractivity contribution in [2.75, 3.05) is 44.5 Å². The Morgan fingerprint density at radius 2 is 1.95 bits per heavy atom. The Morgan fingerprint density at radius 3 is 2.61 bits per heavy atom. The van der Waals surface area contributed by atoms with Crippen molar-refractivity contribution in [1.82, 2.24) is 5.32 Å². The Bertz CT molecular complexity index is 1220. The molecule has 38 heavy (non-hydrogen) atoms. The zero-order valence-corrected chi connectivity index (χ0v) is 22.5. The first-order chi connectivity index (χ1) is 18.0. The van der Waals surface area contributed by atoms with Gasteiger partial charge in [0.25, 0.3) is 0 Å². The molecule has 0 radical (unpaired) electrons. The van der Waals surface area contributed by atoms with Gasteiger partial charge in [0.2, 0.25) is 15.6 Å². The number of hydrogen-bond acceptors (Lipinski definition) is 11. The zero-order chi connectivity index (χ0) is 27.9. The lowest BCUT2D eigenvalue weighted by atomic mass is 9.94. The van der Waals surface area contributed by atoms with Crippen LogP contribution in [-0.4, -0.2) is 82.1 Å². The predicted molar refractivity (Wildman–Crippen MR) is 139 cm³/mol. The number of phenols is 1. The third kappa shape index (κ3) is 7.55. The van der Waals surface area contributed by atoms with Crippen LogP contribution in [0, 0.1) is 0 Å². The van der Waals surface area contributed by atoms with Crippen LogP contribution in [0.15, 0.2) is 36.4 Å². The van der Waals surface area contributed by atoms with Crippen LogP contribution in [0.5, 0.6) is 28.7 Å². The van der Waals surface area contributed by atoms with Crippen molar-refractivity contribution < 1.29 is 47.1 Å². The van der Waals surface area contributed by atoms with Crippen molar-refractivity contribution in [1.29, 1.82) is 0 Å². The van der Waals surface area contributed by atoms with Gasteiger partial charge in [-0.2, -0.15) is 0 Å². The van der Waals surface area contributed by atoms with E-state index in [1.54, 1.807) is 25.1 Å². The van der Waals surface area contributed by atoms with Gasteiger partial charge in [-0.1, -0.05) is 12.1 Å². The molecule has 0 saturated heterocycles. The number of para-hydroxylation sites is 2. The van der Waals surface area contributed by atoms with E-state index in [0.717, 1.165) is 6.26 Å². The smallest absolute Gasteiger partial charge is 0.354 e. The lowest BCUT2D eigenvalue weighted by Gasteiger charge is -2.37. The van der Waals surface area contributed by atoms with Crippen LogP contribution in [0.4, 0.5) is 5.69 Å². The summed E-state index contributed by atoms with van der Waals surface area (Å²) in [7, 11) is -2.36. The number of carbonyl (C=O) groups is 1. The molecular formula is C25H34N2O10S. The first kappa shape index (κ1) is 29.1. The molecule has 12 nitrogen and oxygen atoms in total. The molecule has 3 rings (SSSR count). The summed E-state index contributed by atoms with van der Waals surface area (Å²) in [5.74, 6) is 0.226. The molecule has 0 saturated carbocycles. The van der Waals surface area contributed by atoms with Gasteiger partial charge in [0, 0.05) is 31.1 Å². The molecule has 210 valence electrons. The largest absolute Gasteiger partial charge is 0.503 e. The fourth-order valence-corrected chi connectivity index (χ4v) is 4.44. The third-order valence-corrected chi connectivity index (χ3v) is 6.20. The van der Waals surface area contributed by atoms with Gasteiger partial charge in [-0.3, -0.25) is 4.72 Å². The summed E-state index contributed by atoms with van der Waals surface area (Å²) < 4.78 is 53.2. The van der Waals surface area contributed by atoms with Crippen LogP contribution in [0.2, 0.25) is 0 Å². The highest BCUT2D eigenvalue weighted by Crippen LogP contribution is 2.39. The molecule has 0 bridgehead atoms. The molecule has 0 spiro atoms. The number of carbonyl (C=O) groups excluding carboxylic acids is 1. The Morgan fingerprint density at radius 1 is 1.24 bits per heavy atom. The lowest BCUT2D eigenvalue weighted by Crippen LogP contribution is -2.56. The maximum absolute atomic E-state index is 12.9. The van der Waals surface area contributed by atoms with Crippen LogP contribution >= 0.6 is 0 Å². The summed E-state index contributed by atoms with van der Waals surface area (Å²) in [5.41, 5.74) is -1.48. The van der Waals surface area contributed by atoms with Gasteiger partial charge in [-0.15, -0.1) is 0 Å². The quantitative estimate of drug-likeness (QED) is 0.210. The fraction of sp³-hybridized carbons (Fsp3) is 0.480. The monoisotopic (exact) mass is 554 g/mol. The average Bonchev–Trinajstić information content (AvgIpc) is 2.87. The number of fused-ring (bicyclic) bond motifs is 1. The number of aliphatic hydroxyl groups is 1. The molecule has 2 aromatic rings. The van der Waals surface area contributed by atoms with E-state index in [-0.39, 0.29) is 56.0 Å². The summed E-state index contributed by atoms with van der Waals surface area (Å²) in [6.07, 6.45) is 0.188. The first-order valence-electron chi connectivity index (χ1n) is 12.0. The lowest BCUT2D eigenvalue weighted by molar-refractivity contribution is -0.168. The van der Waals surface area contributed by atoms with Gasteiger partial charge < -0.3 is 39.2 Å². The third-order valence-electron chi connectivity index (χ3n) is 5.61. The second-order valence-electron chi connectivity index (χ2n) is 8.93. The Kier molecular flexibility index (Phi) is 9.52. The number of methoxy groups -OCH3 is 1. The van der Waals surface area contributed by atoms with E-state index >= 15 is 0 Å². The molecule has 0 fully saturated rings. The topological polar surface area (TPSA) is 162 Å². The number of nitrogens with one attached hydrogen (secondary N) is 2. The molecule has 0 aliphatic carbocycles. The van der Waals surface area contributed by atoms with Crippen LogP contribution in [0.3, 0.4) is 0 Å². The van der Waals surface area contributed by atoms with Gasteiger partial charge >= 0.3 is 5.97 Å². The minimum atomic E-state index is -3.67. The number of benzene rings is 2. The number of rotatable bonds is 13. The molecule has 1 aliphatic heterocycles. The normalized spacial score (nSPS) is 18.2. The number of hydrogen-bond donors (Lipinski definition) is 4. The van der Waals surface area contributed by atoms with E-state index in [2.05, 4.69) is 10.0 Å². The van der Waals surface area contributed by atoms with Crippen molar-refractivity contribution in [2.45, 2.75) is 38.0 Å². The minimum Gasteiger partial charge on any atom is -0.503 e. The van der Waals surface area contributed by atoms with Crippen molar-refractivity contribution in [3.8, 4) is 28.7 Å². The summed E-state index contributed by atoms with van der Waals surface area (Å²) in [5, 5.41) is 23.8. The zero-order valence-electron chi connectivity index (χ0n) is 21.7. The van der Waals surface area contributed by atoms with E-state index in [0.29, 0.717) is 11.5 Å². The molecular weight excluding hydrogens is 520 g/mol. The van der Waals surface area contributed by atoms with Crippen molar-refractivity contribution >= 4 is 21.7 Å². The van der Waals surface area contributed by atoms with Gasteiger partial charge in [-0.05, 0) is 26.0 Å². The Hall–Kier alpha value is -3.42. The molecule has 2 aromatic carbocycles. The molecule has 4 N–H and O–H groups in total. The number of anilines is 1. The number of phenolic OH excluding ortho intramolecular Hbond substituents is 1. The highest BCUT2D eigenvalue weighted by Gasteiger charge is 2.47. The molecule has 3 atom stereocenters. The summed E-state index contributed by atoms with van der Waals surface area (Å²) in [4.78, 5) is 12.9. The number of sulfonamides is 1. The molecule has 0 aromatic heterocycles. The van der Waals surface area contributed by atoms with Gasteiger partial charge in [0.05, 0.1) is 25.7 Å². The van der Waals surface area contributed by atoms with Gasteiger partial charge in [0.1, 0.15) is 25.1 Å². The van der Waals surface area contributed by atoms with Crippen LogP contribution in [0.25, 0.3) is 0 Å². The summed E-state index contributed by atoms with van der Waals surface area (Å²) in [6, 6.07) is 9.43. The average molecular weight is 555 g/mol. The summed E-state index contributed by atoms with van der Waals surface area (Å²) >= 11 is 0. The van der Waals surface area contributed by atoms with Crippen molar-refractivity contribution in [2.24, 2.45) is 0 Å². The number of esters is 1. The van der Waals surface area contributed by atoms with E-state index in [1.165, 1.54) is 19.2 Å². The van der Waals surface area contributed by atoms with E-state index in [1.807, 2.05) is 13.0 Å². The van der Waals surface area contributed by atoms with E-state index < -0.39 is 33.4 Å². The molecule has 0 unspecified atom stereocenters. The van der Waals surface area contributed by atoms with Gasteiger partial charge in [-0.25, -0.2) is 13.2 Å². The molecule has 13 heteroatoms. The molecule has 1 heterocycles. The fourth-order valence-electron chi connectivity index (χ4n) is 3.89. The second kappa shape index (κ2) is 12.4. The SMILES string of the molecule is CCOC(=O)[C@@]1(C[C@@H](C)NC[C@H](O)COc2cc(NS(C)(=O)=O)c(O)c(OC)c2)COc2ccccc2O1. The minimum absolute atomic E-state index is 0.00424. The standard InChI is InChI=1S/C25H34N2O10S/c1-5-34-24(30)25(15-36-20-8-6-7-9-21(20)37-25)12-16(2)26-13-17(28)14-35-18-10-19(27-38(4,31)32)23(29)22(11-18)33-3/h6-11,16-17,26-29H,5,12-15H2,1-4H3/t16-,17+,25-/m1/s1. The second-order valence-corrected chi connectivity index (χ2v) is 10.7. The van der Waals surface area contributed by atoms with Crippen LogP contribution in [0.1, 0.15) is 20.3 Å². The maximum atomic E-state index is 12.9. The number of aromatic hydroxyl groups is 1. The Labute approximate surface area is 221 Å². The van der Waals surface area contributed by atoms with Crippen LogP contribution < -0.4 is 29.0 Å². The van der Waals surface area contributed by atoms with Crippen molar-refractivity contribution in [3.05, 3.63) is 36.4 Å². The van der Waals surface area contributed by atoms with Gasteiger partial charge in [0.15, 0.2) is 23.0 Å². The molecule has 1 aliphatic rings. The Balaban J connectivity index is 1.59. The highest BCUT2D eigenvalue weighted by molar-refractivity contribution is 7.92.